The van der Waals surface area contributed by atoms with Gasteiger partial charge in [-0.3, -0.25) is 0 Å². The third kappa shape index (κ3) is 3.64. The van der Waals surface area contributed by atoms with Gasteiger partial charge in [-0.2, -0.15) is 4.98 Å². The molecule has 1 aromatic heterocycles. The fourth-order valence-corrected chi connectivity index (χ4v) is 3.72. The van der Waals surface area contributed by atoms with Gasteiger partial charge in [-0.25, -0.2) is 10.9 Å². The number of benzene rings is 2. The Morgan fingerprint density at radius 3 is 2.68 bits per heavy atom. The lowest BCUT2D eigenvalue weighted by atomic mass is 10.0. The highest BCUT2D eigenvalue weighted by atomic mass is 79.9. The third-order valence-electron chi connectivity index (χ3n) is 4.24. The first-order valence-corrected chi connectivity index (χ1v) is 9.99. The molecule has 7 heteroatoms. The lowest BCUT2D eigenvalue weighted by Gasteiger charge is -2.09. The van der Waals surface area contributed by atoms with Gasteiger partial charge in [-0.1, -0.05) is 33.2 Å². The molecular weight excluding hydrogens is 400 g/mol. The van der Waals surface area contributed by atoms with Crippen molar-refractivity contribution in [3.05, 3.63) is 64.5 Å². The Kier molecular flexibility index (Phi) is 4.89. The molecule has 0 amide bonds. The first-order valence-electron chi connectivity index (χ1n) is 7.97. The predicted octanol–water partition coefficient (Wildman–Crippen LogP) is 4.50. The maximum Gasteiger partial charge on any atom is 0.245 e. The van der Waals surface area contributed by atoms with E-state index in [0.29, 0.717) is 11.7 Å². The highest BCUT2D eigenvalue weighted by Gasteiger charge is 2.30. The van der Waals surface area contributed by atoms with E-state index in [1.54, 1.807) is 11.8 Å². The molecule has 2 aromatic carbocycles. The molecule has 2 heterocycles. The zero-order valence-corrected chi connectivity index (χ0v) is 16.0. The van der Waals surface area contributed by atoms with E-state index in [-0.39, 0.29) is 12.1 Å². The summed E-state index contributed by atoms with van der Waals surface area (Å²) in [6, 6.07) is 16.7. The quantitative estimate of drug-likeness (QED) is 0.610. The molecule has 2 unspecified atom stereocenters. The average molecular weight is 417 g/mol. The number of rotatable bonds is 4. The highest BCUT2D eigenvalue weighted by Crippen LogP contribution is 2.32. The van der Waals surface area contributed by atoms with Gasteiger partial charge in [-0.15, -0.1) is 11.8 Å². The second kappa shape index (κ2) is 7.29. The highest BCUT2D eigenvalue weighted by molar-refractivity contribution is 9.10. The predicted molar refractivity (Wildman–Crippen MR) is 102 cm³/mol. The SMILES string of the molecule is CSc1ccc(-c2noc(C3CC(c4cccc(Br)c4)NN3)n2)cc1. The van der Waals surface area contributed by atoms with Crippen LogP contribution in [0.25, 0.3) is 11.4 Å². The van der Waals surface area contributed by atoms with Gasteiger partial charge < -0.3 is 4.52 Å². The smallest absolute Gasteiger partial charge is 0.245 e. The summed E-state index contributed by atoms with van der Waals surface area (Å²) in [6.07, 6.45) is 2.91. The van der Waals surface area contributed by atoms with Crippen molar-refractivity contribution < 1.29 is 4.52 Å². The van der Waals surface area contributed by atoms with Crippen LogP contribution < -0.4 is 10.9 Å². The first-order chi connectivity index (χ1) is 12.2. The maximum atomic E-state index is 5.49. The molecule has 1 aliphatic rings. The van der Waals surface area contributed by atoms with Crippen LogP contribution in [0.1, 0.15) is 30.0 Å². The standard InChI is InChI=1S/C18H17BrN4OS/c1-25-14-7-5-11(6-8-14)17-20-18(24-23-17)16-10-15(21-22-16)12-3-2-4-13(19)9-12/h2-9,15-16,21-22H,10H2,1H3. The van der Waals surface area contributed by atoms with E-state index in [2.05, 4.69) is 67.4 Å². The van der Waals surface area contributed by atoms with Gasteiger partial charge in [-0.05, 0) is 54.6 Å². The normalized spacial score (nSPS) is 20.1. The molecule has 0 radical (unpaired) electrons. The van der Waals surface area contributed by atoms with Crippen LogP contribution in [0.4, 0.5) is 0 Å². The molecule has 25 heavy (non-hydrogen) atoms. The van der Waals surface area contributed by atoms with Gasteiger partial charge in [0.1, 0.15) is 6.04 Å². The van der Waals surface area contributed by atoms with E-state index in [0.717, 1.165) is 16.5 Å². The van der Waals surface area contributed by atoms with Crippen molar-refractivity contribution in [1.82, 2.24) is 21.0 Å². The first kappa shape index (κ1) is 16.8. The molecule has 128 valence electrons. The van der Waals surface area contributed by atoms with Crippen molar-refractivity contribution in [2.45, 2.75) is 23.4 Å². The van der Waals surface area contributed by atoms with Crippen molar-refractivity contribution in [2.24, 2.45) is 0 Å². The number of nitrogens with one attached hydrogen (secondary N) is 2. The molecule has 3 aromatic rings. The van der Waals surface area contributed by atoms with Crippen LogP contribution in [-0.4, -0.2) is 16.4 Å². The van der Waals surface area contributed by atoms with Gasteiger partial charge in [0.05, 0.1) is 0 Å². The summed E-state index contributed by atoms with van der Waals surface area (Å²) in [6.45, 7) is 0. The van der Waals surface area contributed by atoms with Crippen LogP contribution >= 0.6 is 27.7 Å². The second-order valence-electron chi connectivity index (χ2n) is 5.87. The van der Waals surface area contributed by atoms with Gasteiger partial charge in [0, 0.05) is 21.0 Å². The fourth-order valence-electron chi connectivity index (χ4n) is 2.89. The molecule has 4 rings (SSSR count). The topological polar surface area (TPSA) is 63.0 Å². The number of aromatic nitrogens is 2. The van der Waals surface area contributed by atoms with Gasteiger partial charge in [0.25, 0.3) is 0 Å². The summed E-state index contributed by atoms with van der Waals surface area (Å²) < 4.78 is 6.56. The van der Waals surface area contributed by atoms with Gasteiger partial charge in [0.2, 0.25) is 11.7 Å². The Morgan fingerprint density at radius 1 is 1.12 bits per heavy atom. The lowest BCUT2D eigenvalue weighted by Crippen LogP contribution is -2.26. The fraction of sp³-hybridized carbons (Fsp3) is 0.222. The molecule has 2 N–H and O–H groups in total. The van der Waals surface area contributed by atoms with E-state index in [1.165, 1.54) is 10.5 Å². The summed E-state index contributed by atoms with van der Waals surface area (Å²) >= 11 is 5.23. The molecule has 1 aliphatic heterocycles. The van der Waals surface area contributed by atoms with E-state index in [1.807, 2.05) is 24.3 Å². The van der Waals surface area contributed by atoms with E-state index < -0.39 is 0 Å². The van der Waals surface area contributed by atoms with Crippen molar-refractivity contribution in [3.8, 4) is 11.4 Å². The Hall–Kier alpha value is -1.67. The Balaban J connectivity index is 1.49. The van der Waals surface area contributed by atoms with Crippen LogP contribution in [0.3, 0.4) is 0 Å². The molecule has 0 saturated carbocycles. The number of thioether (sulfide) groups is 1. The summed E-state index contributed by atoms with van der Waals surface area (Å²) in [4.78, 5) is 5.78. The van der Waals surface area contributed by atoms with E-state index in [4.69, 9.17) is 4.52 Å². The van der Waals surface area contributed by atoms with Gasteiger partial charge in [0.15, 0.2) is 0 Å². The van der Waals surface area contributed by atoms with Crippen molar-refractivity contribution in [2.75, 3.05) is 6.26 Å². The molecule has 0 spiro atoms. The molecule has 2 atom stereocenters. The largest absolute Gasteiger partial charge is 0.337 e. The zero-order valence-electron chi connectivity index (χ0n) is 13.6. The molecular formula is C18H17BrN4OS. The monoisotopic (exact) mass is 416 g/mol. The molecule has 5 nitrogen and oxygen atoms in total. The summed E-state index contributed by atoms with van der Waals surface area (Å²) in [5, 5.41) is 4.13. The van der Waals surface area contributed by atoms with Crippen LogP contribution in [-0.2, 0) is 0 Å². The second-order valence-corrected chi connectivity index (χ2v) is 7.66. The molecule has 1 fully saturated rings. The van der Waals surface area contributed by atoms with E-state index in [9.17, 15) is 0 Å². The summed E-state index contributed by atoms with van der Waals surface area (Å²) in [7, 11) is 0. The lowest BCUT2D eigenvalue weighted by molar-refractivity contribution is 0.340. The number of hydrogen-bond acceptors (Lipinski definition) is 6. The van der Waals surface area contributed by atoms with Crippen LogP contribution in [0.15, 0.2) is 62.4 Å². The number of halogens is 1. The Labute approximate surface area is 158 Å². The van der Waals surface area contributed by atoms with Crippen molar-refractivity contribution in [1.29, 1.82) is 0 Å². The minimum atomic E-state index is -0.00398. The minimum Gasteiger partial charge on any atom is -0.337 e. The Bertz CT molecular complexity index is 868. The third-order valence-corrected chi connectivity index (χ3v) is 5.48. The maximum absolute atomic E-state index is 5.49. The summed E-state index contributed by atoms with van der Waals surface area (Å²) in [5.74, 6) is 1.23. The number of nitrogens with zero attached hydrogens (tertiary/aromatic N) is 2. The summed E-state index contributed by atoms with van der Waals surface area (Å²) in [5.41, 5.74) is 8.75. The van der Waals surface area contributed by atoms with E-state index >= 15 is 0 Å². The zero-order chi connectivity index (χ0) is 17.2. The molecule has 1 saturated heterocycles. The molecule has 0 bridgehead atoms. The minimum absolute atomic E-state index is 0.00398. The van der Waals surface area contributed by atoms with Crippen molar-refractivity contribution in [3.63, 3.8) is 0 Å². The Morgan fingerprint density at radius 2 is 1.92 bits per heavy atom. The molecule has 0 aliphatic carbocycles. The van der Waals surface area contributed by atoms with Crippen molar-refractivity contribution >= 4 is 27.7 Å². The van der Waals surface area contributed by atoms with Crippen LogP contribution in [0.2, 0.25) is 0 Å². The van der Waals surface area contributed by atoms with Gasteiger partial charge >= 0.3 is 0 Å². The average Bonchev–Trinajstić information content (AvgIpc) is 3.31. The number of hydrogen-bond donors (Lipinski definition) is 2. The number of hydrazine groups is 1. The van der Waals surface area contributed by atoms with Crippen LogP contribution in [0, 0.1) is 0 Å². The van der Waals surface area contributed by atoms with Crippen LogP contribution in [0.5, 0.6) is 0 Å².